The molecule has 3 aromatic heterocycles. The predicted octanol–water partition coefficient (Wildman–Crippen LogP) is 4.21. The van der Waals surface area contributed by atoms with E-state index in [1.54, 1.807) is 22.4 Å². The summed E-state index contributed by atoms with van der Waals surface area (Å²) in [6.45, 7) is 4.92. The smallest absolute Gasteiger partial charge is 0.271 e. The van der Waals surface area contributed by atoms with Gasteiger partial charge in [-0.15, -0.1) is 11.3 Å². The molecule has 0 unspecified atom stereocenters. The molecule has 1 aliphatic heterocycles. The first-order valence-corrected chi connectivity index (χ1v) is 11.9. The molecule has 1 saturated carbocycles. The summed E-state index contributed by atoms with van der Waals surface area (Å²) in [5, 5.41) is 5.32. The molecule has 31 heavy (non-hydrogen) atoms. The van der Waals surface area contributed by atoms with Gasteiger partial charge < -0.3 is 14.8 Å². The minimum Gasteiger partial charge on any atom is -0.351 e. The Kier molecular flexibility index (Phi) is 5.08. The summed E-state index contributed by atoms with van der Waals surface area (Å²) in [5.74, 6) is 0.532. The van der Waals surface area contributed by atoms with Gasteiger partial charge in [-0.05, 0) is 68.2 Å². The monoisotopic (exact) mass is 436 g/mol. The lowest BCUT2D eigenvalue weighted by Gasteiger charge is -2.44. The van der Waals surface area contributed by atoms with E-state index in [2.05, 4.69) is 17.2 Å². The van der Waals surface area contributed by atoms with Crippen molar-refractivity contribution >= 4 is 33.4 Å². The summed E-state index contributed by atoms with van der Waals surface area (Å²) in [6, 6.07) is 9.84. The Hall–Kier alpha value is -2.67. The zero-order valence-electron chi connectivity index (χ0n) is 18.0. The van der Waals surface area contributed by atoms with Gasteiger partial charge in [0.15, 0.2) is 0 Å². The fourth-order valence-electron chi connectivity index (χ4n) is 4.92. The molecule has 0 spiro atoms. The van der Waals surface area contributed by atoms with Gasteiger partial charge in [0.1, 0.15) is 11.2 Å². The predicted molar refractivity (Wildman–Crippen MR) is 122 cm³/mol. The van der Waals surface area contributed by atoms with Crippen LogP contribution in [0.15, 0.2) is 41.9 Å². The molecule has 2 amide bonds. The number of nitrogens with one attached hydrogen (secondary N) is 1. The van der Waals surface area contributed by atoms with Crippen LogP contribution in [0.4, 0.5) is 0 Å². The van der Waals surface area contributed by atoms with Crippen molar-refractivity contribution in [3.63, 3.8) is 0 Å². The lowest BCUT2D eigenvalue weighted by molar-refractivity contribution is -0.134. The third kappa shape index (κ3) is 3.55. The van der Waals surface area contributed by atoms with Crippen LogP contribution in [0.3, 0.4) is 0 Å². The number of fused-ring (bicyclic) bond motifs is 3. The molecule has 1 N–H and O–H groups in total. The molecule has 0 aromatic carbocycles. The first kappa shape index (κ1) is 20.2. The van der Waals surface area contributed by atoms with Crippen molar-refractivity contribution in [1.82, 2.24) is 19.8 Å². The summed E-state index contributed by atoms with van der Waals surface area (Å²) in [6.07, 6.45) is 6.00. The van der Waals surface area contributed by atoms with Crippen LogP contribution in [-0.2, 0) is 17.9 Å². The van der Waals surface area contributed by atoms with Crippen LogP contribution in [0.5, 0.6) is 0 Å². The van der Waals surface area contributed by atoms with Gasteiger partial charge in [0.25, 0.3) is 5.91 Å². The number of aromatic nitrogens is 2. The Labute approximate surface area is 186 Å². The van der Waals surface area contributed by atoms with E-state index in [9.17, 15) is 9.59 Å². The van der Waals surface area contributed by atoms with Crippen molar-refractivity contribution in [1.29, 1.82) is 0 Å². The highest BCUT2D eigenvalue weighted by Gasteiger charge is 2.48. The van der Waals surface area contributed by atoms with Gasteiger partial charge in [-0.25, -0.2) is 0 Å². The maximum absolute atomic E-state index is 13.7. The lowest BCUT2D eigenvalue weighted by Crippen LogP contribution is -2.64. The number of amides is 2. The van der Waals surface area contributed by atoms with Crippen molar-refractivity contribution in [2.45, 2.75) is 64.2 Å². The van der Waals surface area contributed by atoms with Crippen molar-refractivity contribution < 1.29 is 9.59 Å². The largest absolute Gasteiger partial charge is 0.351 e. The number of nitrogens with zero attached hydrogens (tertiary/aromatic N) is 3. The summed E-state index contributed by atoms with van der Waals surface area (Å²) in [4.78, 5) is 33.5. The molecule has 2 aliphatic rings. The second-order valence-electron chi connectivity index (χ2n) is 9.20. The molecule has 3 aromatic rings. The standard InChI is InChI=1S/C24H28N4O2S/c1-16-6-8-17(9-7-16)26-23(30)24(2)15-27-19-10-12-31-21(19)13-20(27)22(29)28(24)14-18-5-3-4-11-25-18/h3-5,10-13,16-17H,6-9,14-15H2,1-2H3,(H,26,30)/t16?,17?,24-/m1/s1. The number of hydrogen-bond donors (Lipinski definition) is 1. The molecular formula is C24H28N4O2S. The molecule has 1 fully saturated rings. The van der Waals surface area contributed by atoms with Crippen LogP contribution in [0.2, 0.25) is 0 Å². The van der Waals surface area contributed by atoms with Gasteiger partial charge >= 0.3 is 0 Å². The highest BCUT2D eigenvalue weighted by Crippen LogP contribution is 2.35. The Balaban J connectivity index is 1.50. The average Bonchev–Trinajstić information content (AvgIpc) is 3.36. The van der Waals surface area contributed by atoms with E-state index >= 15 is 0 Å². The minimum atomic E-state index is -0.988. The van der Waals surface area contributed by atoms with Gasteiger partial charge in [-0.1, -0.05) is 13.0 Å². The third-order valence-electron chi connectivity index (χ3n) is 6.94. The van der Waals surface area contributed by atoms with Crippen LogP contribution in [0.1, 0.15) is 55.7 Å². The molecule has 1 aliphatic carbocycles. The van der Waals surface area contributed by atoms with E-state index in [-0.39, 0.29) is 17.9 Å². The highest BCUT2D eigenvalue weighted by atomic mass is 32.1. The molecule has 5 rings (SSSR count). The number of thiophene rings is 1. The zero-order valence-corrected chi connectivity index (χ0v) is 18.8. The van der Waals surface area contributed by atoms with Gasteiger partial charge in [-0.3, -0.25) is 14.6 Å². The quantitative estimate of drug-likeness (QED) is 0.666. The van der Waals surface area contributed by atoms with Crippen LogP contribution < -0.4 is 5.32 Å². The molecule has 0 bridgehead atoms. The zero-order chi connectivity index (χ0) is 21.6. The van der Waals surface area contributed by atoms with E-state index in [1.807, 2.05) is 47.2 Å². The summed E-state index contributed by atoms with van der Waals surface area (Å²) >= 11 is 1.62. The minimum absolute atomic E-state index is 0.0703. The summed E-state index contributed by atoms with van der Waals surface area (Å²) in [7, 11) is 0. The van der Waals surface area contributed by atoms with E-state index < -0.39 is 5.54 Å². The molecule has 0 radical (unpaired) electrons. The lowest BCUT2D eigenvalue weighted by atomic mass is 9.86. The molecule has 0 saturated heterocycles. The number of carbonyl (C=O) groups is 2. The third-order valence-corrected chi connectivity index (χ3v) is 7.79. The molecule has 162 valence electrons. The van der Waals surface area contributed by atoms with Gasteiger partial charge in [0.05, 0.1) is 29.0 Å². The summed E-state index contributed by atoms with van der Waals surface area (Å²) in [5.41, 5.74) is 1.47. The molecule has 1 atom stereocenters. The van der Waals surface area contributed by atoms with Crippen molar-refractivity contribution in [3.05, 3.63) is 53.3 Å². The highest BCUT2D eigenvalue weighted by molar-refractivity contribution is 7.17. The molecular weight excluding hydrogens is 408 g/mol. The normalized spacial score (nSPS) is 26.1. The van der Waals surface area contributed by atoms with Crippen molar-refractivity contribution in [2.24, 2.45) is 5.92 Å². The van der Waals surface area contributed by atoms with E-state index in [4.69, 9.17) is 0 Å². The van der Waals surface area contributed by atoms with Crippen LogP contribution in [0.25, 0.3) is 10.2 Å². The van der Waals surface area contributed by atoms with Crippen LogP contribution in [-0.4, -0.2) is 37.8 Å². The number of hydrogen-bond acceptors (Lipinski definition) is 4. The maximum atomic E-state index is 13.7. The molecule has 6 nitrogen and oxygen atoms in total. The Morgan fingerprint density at radius 1 is 1.26 bits per heavy atom. The van der Waals surface area contributed by atoms with Gasteiger partial charge in [0.2, 0.25) is 5.91 Å². The maximum Gasteiger partial charge on any atom is 0.271 e. The molecule has 4 heterocycles. The fraction of sp³-hybridized carbons (Fsp3) is 0.458. The second kappa shape index (κ2) is 7.79. The second-order valence-corrected chi connectivity index (χ2v) is 10.1. The van der Waals surface area contributed by atoms with E-state index in [0.29, 0.717) is 18.8 Å². The number of rotatable bonds is 4. The Bertz CT molecular complexity index is 1110. The van der Waals surface area contributed by atoms with Crippen LogP contribution in [0, 0.1) is 5.92 Å². The Morgan fingerprint density at radius 2 is 2.06 bits per heavy atom. The average molecular weight is 437 g/mol. The topological polar surface area (TPSA) is 67.2 Å². The SMILES string of the molecule is CC1CCC(NC(=O)[C@@]2(C)Cn3c(cc4sccc43)C(=O)N2Cc2ccccn2)CC1. The number of carbonyl (C=O) groups excluding carboxylic acids is 2. The van der Waals surface area contributed by atoms with Crippen molar-refractivity contribution in [2.75, 3.05) is 0 Å². The summed E-state index contributed by atoms with van der Waals surface area (Å²) < 4.78 is 3.10. The fourth-order valence-corrected chi connectivity index (χ4v) is 5.74. The first-order valence-electron chi connectivity index (χ1n) is 11.1. The Morgan fingerprint density at radius 3 is 2.81 bits per heavy atom. The molecule has 7 heteroatoms. The van der Waals surface area contributed by atoms with Crippen molar-refractivity contribution in [3.8, 4) is 0 Å². The van der Waals surface area contributed by atoms with Gasteiger partial charge in [0, 0.05) is 12.2 Å². The van der Waals surface area contributed by atoms with Crippen LogP contribution >= 0.6 is 11.3 Å². The van der Waals surface area contributed by atoms with E-state index in [1.165, 1.54) is 0 Å². The first-order chi connectivity index (χ1) is 15.0. The van der Waals surface area contributed by atoms with Gasteiger partial charge in [-0.2, -0.15) is 0 Å². The van der Waals surface area contributed by atoms with E-state index in [0.717, 1.165) is 47.5 Å². The number of pyridine rings is 1.